The first-order valence-electron chi connectivity index (χ1n) is 7.98. The van der Waals surface area contributed by atoms with Crippen molar-refractivity contribution in [3.8, 4) is 0 Å². The summed E-state index contributed by atoms with van der Waals surface area (Å²) in [6.45, 7) is 9.96. The molecule has 0 spiro atoms. The molecule has 2 rings (SSSR count). The molecule has 0 unspecified atom stereocenters. The lowest BCUT2D eigenvalue weighted by Gasteiger charge is -2.39. The Kier molecular flexibility index (Phi) is 5.39. The lowest BCUT2D eigenvalue weighted by molar-refractivity contribution is 0.128. The normalized spacial score (nSPS) is 17.8. The van der Waals surface area contributed by atoms with Crippen LogP contribution >= 0.6 is 0 Å². The van der Waals surface area contributed by atoms with Gasteiger partial charge in [0.15, 0.2) is 5.82 Å². The maximum absolute atomic E-state index is 5.44. The standard InChI is InChI=1S/C16H28N4O/c1-5-16(3)7-9-20(10-8-16)15-11-13(17-4)18-14(19-15)12-21-6-2/h11H,5-10,12H2,1-4H3,(H,17,18,19). The molecule has 0 radical (unpaired) electrons. The minimum Gasteiger partial charge on any atom is -0.374 e. The van der Waals surface area contributed by atoms with Gasteiger partial charge in [-0.25, -0.2) is 9.97 Å². The number of hydrogen-bond acceptors (Lipinski definition) is 5. The van der Waals surface area contributed by atoms with Crippen LogP contribution in [0.5, 0.6) is 0 Å². The van der Waals surface area contributed by atoms with E-state index in [2.05, 4.69) is 34.0 Å². The first-order chi connectivity index (χ1) is 10.1. The fraction of sp³-hybridized carbons (Fsp3) is 0.750. The number of nitrogens with one attached hydrogen (secondary N) is 1. The third-order valence-corrected chi connectivity index (χ3v) is 4.60. The number of hydrogen-bond donors (Lipinski definition) is 1. The third-order valence-electron chi connectivity index (χ3n) is 4.60. The molecule has 1 N–H and O–H groups in total. The Hall–Kier alpha value is -1.36. The highest BCUT2D eigenvalue weighted by molar-refractivity contribution is 5.49. The van der Waals surface area contributed by atoms with Crippen LogP contribution in [0.25, 0.3) is 0 Å². The van der Waals surface area contributed by atoms with Crippen molar-refractivity contribution in [3.05, 3.63) is 11.9 Å². The lowest BCUT2D eigenvalue weighted by Crippen LogP contribution is -2.39. The first kappa shape index (κ1) is 16.0. The number of nitrogens with zero attached hydrogens (tertiary/aromatic N) is 3. The van der Waals surface area contributed by atoms with Gasteiger partial charge in [-0.15, -0.1) is 0 Å². The van der Waals surface area contributed by atoms with Crippen molar-refractivity contribution in [1.29, 1.82) is 0 Å². The molecule has 5 nitrogen and oxygen atoms in total. The molecular weight excluding hydrogens is 264 g/mol. The molecule has 1 aromatic rings. The van der Waals surface area contributed by atoms with E-state index in [4.69, 9.17) is 4.74 Å². The van der Waals surface area contributed by atoms with E-state index in [-0.39, 0.29) is 0 Å². The average Bonchev–Trinajstić information content (AvgIpc) is 2.53. The van der Waals surface area contributed by atoms with Gasteiger partial charge in [0.2, 0.25) is 0 Å². The van der Waals surface area contributed by atoms with Gasteiger partial charge in [-0.2, -0.15) is 0 Å². The minimum atomic E-state index is 0.472. The molecule has 1 fully saturated rings. The molecule has 21 heavy (non-hydrogen) atoms. The smallest absolute Gasteiger partial charge is 0.158 e. The summed E-state index contributed by atoms with van der Waals surface area (Å²) < 4.78 is 5.44. The molecule has 5 heteroatoms. The summed E-state index contributed by atoms with van der Waals surface area (Å²) in [5.41, 5.74) is 0.490. The van der Waals surface area contributed by atoms with Gasteiger partial charge in [0.1, 0.15) is 18.2 Å². The predicted molar refractivity (Wildman–Crippen MR) is 86.8 cm³/mol. The van der Waals surface area contributed by atoms with Crippen LogP contribution in [0.15, 0.2) is 6.07 Å². The van der Waals surface area contributed by atoms with E-state index in [0.29, 0.717) is 18.6 Å². The zero-order valence-corrected chi connectivity index (χ0v) is 13.8. The molecular formula is C16H28N4O. The van der Waals surface area contributed by atoms with Crippen LogP contribution in [0.2, 0.25) is 0 Å². The van der Waals surface area contributed by atoms with Gasteiger partial charge in [0.05, 0.1) is 0 Å². The number of piperidine rings is 1. The molecule has 0 aliphatic carbocycles. The zero-order valence-electron chi connectivity index (χ0n) is 13.8. The van der Waals surface area contributed by atoms with Crippen molar-refractivity contribution in [2.24, 2.45) is 5.41 Å². The average molecular weight is 292 g/mol. The van der Waals surface area contributed by atoms with Crippen LogP contribution in [0.1, 0.15) is 45.9 Å². The Bertz CT molecular complexity index is 456. The second-order valence-corrected chi connectivity index (χ2v) is 6.07. The van der Waals surface area contributed by atoms with E-state index in [1.165, 1.54) is 19.3 Å². The number of rotatable bonds is 6. The predicted octanol–water partition coefficient (Wildman–Crippen LogP) is 3.07. The molecule has 0 atom stereocenters. The number of ether oxygens (including phenoxy) is 1. The largest absolute Gasteiger partial charge is 0.374 e. The van der Waals surface area contributed by atoms with Gasteiger partial charge in [0, 0.05) is 32.8 Å². The summed E-state index contributed by atoms with van der Waals surface area (Å²) in [7, 11) is 1.89. The highest BCUT2D eigenvalue weighted by Crippen LogP contribution is 2.35. The Morgan fingerprint density at radius 2 is 2.00 bits per heavy atom. The van der Waals surface area contributed by atoms with E-state index in [1.54, 1.807) is 0 Å². The van der Waals surface area contributed by atoms with E-state index in [0.717, 1.165) is 30.5 Å². The summed E-state index contributed by atoms with van der Waals surface area (Å²) >= 11 is 0. The second-order valence-electron chi connectivity index (χ2n) is 6.07. The van der Waals surface area contributed by atoms with Crippen LogP contribution in [-0.4, -0.2) is 36.7 Å². The van der Waals surface area contributed by atoms with Crippen molar-refractivity contribution in [2.75, 3.05) is 37.0 Å². The molecule has 1 aliphatic heterocycles. The minimum absolute atomic E-state index is 0.472. The Balaban J connectivity index is 2.12. The Labute approximate surface area is 128 Å². The molecule has 0 amide bonds. The van der Waals surface area contributed by atoms with Gasteiger partial charge in [-0.1, -0.05) is 20.3 Å². The first-order valence-corrected chi connectivity index (χ1v) is 7.98. The van der Waals surface area contributed by atoms with Crippen LogP contribution in [-0.2, 0) is 11.3 Å². The van der Waals surface area contributed by atoms with Crippen molar-refractivity contribution in [2.45, 2.75) is 46.6 Å². The zero-order chi connectivity index (χ0) is 15.3. The summed E-state index contributed by atoms with van der Waals surface area (Å²) in [6.07, 6.45) is 3.70. The van der Waals surface area contributed by atoms with Crippen molar-refractivity contribution < 1.29 is 4.74 Å². The fourth-order valence-electron chi connectivity index (χ4n) is 2.66. The van der Waals surface area contributed by atoms with Crippen LogP contribution in [0.3, 0.4) is 0 Å². The molecule has 1 aliphatic rings. The molecule has 1 saturated heterocycles. The quantitative estimate of drug-likeness (QED) is 0.873. The fourth-order valence-corrected chi connectivity index (χ4v) is 2.66. The van der Waals surface area contributed by atoms with Gasteiger partial charge in [0.25, 0.3) is 0 Å². The summed E-state index contributed by atoms with van der Waals surface area (Å²) in [5, 5.41) is 3.12. The lowest BCUT2D eigenvalue weighted by atomic mass is 9.78. The SMILES string of the molecule is CCOCc1nc(NC)cc(N2CCC(C)(CC)CC2)n1. The molecule has 1 aromatic heterocycles. The second kappa shape index (κ2) is 7.07. The number of anilines is 2. The van der Waals surface area contributed by atoms with E-state index in [1.807, 2.05) is 20.0 Å². The third kappa shape index (κ3) is 4.06. The highest BCUT2D eigenvalue weighted by atomic mass is 16.5. The van der Waals surface area contributed by atoms with Crippen molar-refractivity contribution in [1.82, 2.24) is 9.97 Å². The van der Waals surface area contributed by atoms with Crippen LogP contribution in [0.4, 0.5) is 11.6 Å². The van der Waals surface area contributed by atoms with Gasteiger partial charge in [-0.3, -0.25) is 0 Å². The van der Waals surface area contributed by atoms with Gasteiger partial charge >= 0.3 is 0 Å². The molecule has 0 aromatic carbocycles. The number of aromatic nitrogens is 2. The van der Waals surface area contributed by atoms with Crippen LogP contribution in [0, 0.1) is 5.41 Å². The Morgan fingerprint density at radius 3 is 2.57 bits per heavy atom. The van der Waals surface area contributed by atoms with E-state index >= 15 is 0 Å². The maximum atomic E-state index is 5.44. The summed E-state index contributed by atoms with van der Waals surface area (Å²) in [5.74, 6) is 2.63. The maximum Gasteiger partial charge on any atom is 0.158 e. The Morgan fingerprint density at radius 1 is 1.29 bits per heavy atom. The van der Waals surface area contributed by atoms with Crippen LogP contribution < -0.4 is 10.2 Å². The summed E-state index contributed by atoms with van der Waals surface area (Å²) in [4.78, 5) is 11.5. The highest BCUT2D eigenvalue weighted by Gasteiger charge is 2.29. The van der Waals surface area contributed by atoms with Gasteiger partial charge in [-0.05, 0) is 25.2 Å². The summed E-state index contributed by atoms with van der Waals surface area (Å²) in [6, 6.07) is 2.03. The monoisotopic (exact) mass is 292 g/mol. The van der Waals surface area contributed by atoms with E-state index < -0.39 is 0 Å². The molecule has 0 bridgehead atoms. The van der Waals surface area contributed by atoms with Gasteiger partial charge < -0.3 is 15.0 Å². The van der Waals surface area contributed by atoms with Crippen molar-refractivity contribution in [3.63, 3.8) is 0 Å². The van der Waals surface area contributed by atoms with E-state index in [9.17, 15) is 0 Å². The molecule has 118 valence electrons. The topological polar surface area (TPSA) is 50.3 Å². The molecule has 2 heterocycles. The van der Waals surface area contributed by atoms with Crippen molar-refractivity contribution >= 4 is 11.6 Å². The molecule has 0 saturated carbocycles.